The van der Waals surface area contributed by atoms with E-state index in [1.807, 2.05) is 6.92 Å². The minimum atomic E-state index is -4.27. The summed E-state index contributed by atoms with van der Waals surface area (Å²) in [5.74, 6) is 0.250. The molecule has 4 heteroatoms. The van der Waals surface area contributed by atoms with Crippen molar-refractivity contribution in [3.05, 3.63) is 29.8 Å². The molecule has 0 spiro atoms. The lowest BCUT2D eigenvalue weighted by atomic mass is 10.2. The molecule has 1 aromatic rings. The predicted octanol–water partition coefficient (Wildman–Crippen LogP) is 3.19. The van der Waals surface area contributed by atoms with Gasteiger partial charge in [-0.2, -0.15) is 13.2 Å². The minimum Gasteiger partial charge on any atom is -0.484 e. The van der Waals surface area contributed by atoms with E-state index in [2.05, 4.69) is 4.74 Å². The quantitative estimate of drug-likeness (QED) is 0.734. The van der Waals surface area contributed by atoms with Gasteiger partial charge in [0.1, 0.15) is 5.75 Å². The van der Waals surface area contributed by atoms with Crippen molar-refractivity contribution in [3.8, 4) is 5.75 Å². The maximum absolute atomic E-state index is 11.8. The summed E-state index contributed by atoms with van der Waals surface area (Å²) in [4.78, 5) is 0. The fraction of sp³-hybridized carbons (Fsp3) is 0.400. The molecule has 14 heavy (non-hydrogen) atoms. The van der Waals surface area contributed by atoms with Crippen molar-refractivity contribution in [2.24, 2.45) is 0 Å². The Balaban J connectivity index is 2.52. The number of alkyl halides is 3. The van der Waals surface area contributed by atoms with Gasteiger partial charge in [0, 0.05) is 0 Å². The van der Waals surface area contributed by atoms with Crippen LogP contribution in [0.25, 0.3) is 0 Å². The molecule has 0 fully saturated rings. The largest absolute Gasteiger partial charge is 0.484 e. The molecule has 0 saturated heterocycles. The van der Waals surface area contributed by atoms with E-state index in [-0.39, 0.29) is 5.75 Å². The molecule has 0 amide bonds. The first-order chi connectivity index (χ1) is 6.51. The zero-order valence-corrected chi connectivity index (χ0v) is 7.77. The van der Waals surface area contributed by atoms with E-state index in [9.17, 15) is 13.2 Å². The third-order valence-corrected chi connectivity index (χ3v) is 1.73. The smallest absolute Gasteiger partial charge is 0.422 e. The number of ether oxygens (including phenoxy) is 1. The first-order valence-corrected chi connectivity index (χ1v) is 4.30. The van der Waals surface area contributed by atoms with E-state index in [4.69, 9.17) is 0 Å². The van der Waals surface area contributed by atoms with Gasteiger partial charge in [-0.15, -0.1) is 0 Å². The van der Waals surface area contributed by atoms with Crippen LogP contribution in [0, 0.1) is 0 Å². The van der Waals surface area contributed by atoms with E-state index in [0.717, 1.165) is 12.0 Å². The van der Waals surface area contributed by atoms with Gasteiger partial charge in [0.15, 0.2) is 6.61 Å². The summed E-state index contributed by atoms with van der Waals surface area (Å²) in [6, 6.07) is 6.60. The number of benzene rings is 1. The van der Waals surface area contributed by atoms with E-state index in [1.165, 1.54) is 0 Å². The zero-order valence-electron chi connectivity index (χ0n) is 7.77. The van der Waals surface area contributed by atoms with Gasteiger partial charge in [0.2, 0.25) is 0 Å². The lowest BCUT2D eigenvalue weighted by molar-refractivity contribution is -0.153. The molecule has 0 unspecified atom stereocenters. The Bertz CT molecular complexity index is 276. The SMILES string of the molecule is CCc1ccc(OCC(F)(F)F)cc1. The Labute approximate surface area is 80.5 Å². The van der Waals surface area contributed by atoms with Crippen LogP contribution in [-0.4, -0.2) is 12.8 Å². The van der Waals surface area contributed by atoms with Crippen LogP contribution in [0.15, 0.2) is 24.3 Å². The van der Waals surface area contributed by atoms with E-state index >= 15 is 0 Å². The van der Waals surface area contributed by atoms with Crippen LogP contribution in [0.4, 0.5) is 13.2 Å². The highest BCUT2D eigenvalue weighted by Gasteiger charge is 2.28. The Morgan fingerprint density at radius 3 is 2.14 bits per heavy atom. The Morgan fingerprint density at radius 1 is 1.14 bits per heavy atom. The summed E-state index contributed by atoms with van der Waals surface area (Å²) in [5, 5.41) is 0. The van der Waals surface area contributed by atoms with Crippen LogP contribution < -0.4 is 4.74 Å². The van der Waals surface area contributed by atoms with Crippen LogP contribution in [0.3, 0.4) is 0 Å². The Kier molecular flexibility index (Phi) is 3.38. The molecule has 0 heterocycles. The standard InChI is InChI=1S/C10H11F3O/c1-2-8-3-5-9(6-4-8)14-7-10(11,12)13/h3-6H,2,7H2,1H3. The monoisotopic (exact) mass is 204 g/mol. The summed E-state index contributed by atoms with van der Waals surface area (Å²) >= 11 is 0. The first-order valence-electron chi connectivity index (χ1n) is 4.30. The summed E-state index contributed by atoms with van der Waals surface area (Å²) in [5.41, 5.74) is 1.07. The Morgan fingerprint density at radius 2 is 1.71 bits per heavy atom. The molecule has 0 N–H and O–H groups in total. The van der Waals surface area contributed by atoms with Crippen molar-refractivity contribution >= 4 is 0 Å². The molecular formula is C10H11F3O. The number of aryl methyl sites for hydroxylation is 1. The van der Waals surface area contributed by atoms with Gasteiger partial charge < -0.3 is 4.74 Å². The fourth-order valence-corrected chi connectivity index (χ4v) is 0.987. The lowest BCUT2D eigenvalue weighted by Gasteiger charge is -2.09. The highest BCUT2D eigenvalue weighted by molar-refractivity contribution is 5.27. The molecule has 1 nitrogen and oxygen atoms in total. The second-order valence-electron chi connectivity index (χ2n) is 2.90. The van der Waals surface area contributed by atoms with Crippen molar-refractivity contribution in [1.82, 2.24) is 0 Å². The average Bonchev–Trinajstić information content (AvgIpc) is 2.14. The average molecular weight is 204 g/mol. The van der Waals surface area contributed by atoms with Crippen molar-refractivity contribution in [1.29, 1.82) is 0 Å². The molecule has 1 aromatic carbocycles. The van der Waals surface area contributed by atoms with E-state index in [0.29, 0.717) is 0 Å². The molecule has 0 bridgehead atoms. The van der Waals surface area contributed by atoms with Gasteiger partial charge >= 0.3 is 6.18 Å². The lowest BCUT2D eigenvalue weighted by Crippen LogP contribution is -2.19. The highest BCUT2D eigenvalue weighted by atomic mass is 19.4. The normalized spacial score (nSPS) is 11.4. The van der Waals surface area contributed by atoms with Gasteiger partial charge in [-0.05, 0) is 24.1 Å². The van der Waals surface area contributed by atoms with Crippen molar-refractivity contribution < 1.29 is 17.9 Å². The maximum atomic E-state index is 11.8. The van der Waals surface area contributed by atoms with Gasteiger partial charge in [0.05, 0.1) is 0 Å². The number of halogens is 3. The molecule has 0 aromatic heterocycles. The van der Waals surface area contributed by atoms with Gasteiger partial charge in [-0.1, -0.05) is 19.1 Å². The second-order valence-corrected chi connectivity index (χ2v) is 2.90. The molecule has 0 aliphatic rings. The summed E-state index contributed by atoms with van der Waals surface area (Å²) in [6.45, 7) is 0.740. The fourth-order valence-electron chi connectivity index (χ4n) is 0.987. The third-order valence-electron chi connectivity index (χ3n) is 1.73. The van der Waals surface area contributed by atoms with Crippen molar-refractivity contribution in [2.45, 2.75) is 19.5 Å². The number of rotatable bonds is 3. The molecular weight excluding hydrogens is 193 g/mol. The Hall–Kier alpha value is -1.19. The van der Waals surface area contributed by atoms with Crippen LogP contribution in [0.5, 0.6) is 5.75 Å². The molecule has 1 rings (SSSR count). The zero-order chi connectivity index (χ0) is 10.6. The van der Waals surface area contributed by atoms with Gasteiger partial charge in [0.25, 0.3) is 0 Å². The van der Waals surface area contributed by atoms with Crippen LogP contribution in [0.2, 0.25) is 0 Å². The topological polar surface area (TPSA) is 9.23 Å². The number of hydrogen-bond donors (Lipinski definition) is 0. The molecule has 0 aliphatic heterocycles. The molecule has 0 radical (unpaired) electrons. The summed E-state index contributed by atoms with van der Waals surface area (Å²) in [6.07, 6.45) is -3.41. The summed E-state index contributed by atoms with van der Waals surface area (Å²) in [7, 11) is 0. The van der Waals surface area contributed by atoms with Gasteiger partial charge in [-0.3, -0.25) is 0 Å². The van der Waals surface area contributed by atoms with Crippen LogP contribution >= 0.6 is 0 Å². The van der Waals surface area contributed by atoms with E-state index in [1.54, 1.807) is 24.3 Å². The first kappa shape index (κ1) is 10.9. The van der Waals surface area contributed by atoms with Crippen LogP contribution in [0.1, 0.15) is 12.5 Å². The van der Waals surface area contributed by atoms with Crippen molar-refractivity contribution in [3.63, 3.8) is 0 Å². The van der Waals surface area contributed by atoms with Crippen molar-refractivity contribution in [2.75, 3.05) is 6.61 Å². The van der Waals surface area contributed by atoms with E-state index < -0.39 is 12.8 Å². The maximum Gasteiger partial charge on any atom is 0.422 e. The second kappa shape index (κ2) is 4.35. The molecule has 0 atom stereocenters. The van der Waals surface area contributed by atoms with Gasteiger partial charge in [-0.25, -0.2) is 0 Å². The summed E-state index contributed by atoms with van der Waals surface area (Å²) < 4.78 is 39.8. The molecule has 78 valence electrons. The minimum absolute atomic E-state index is 0.250. The third kappa shape index (κ3) is 3.68. The molecule has 0 aliphatic carbocycles. The molecule has 0 saturated carbocycles. The number of hydrogen-bond acceptors (Lipinski definition) is 1. The van der Waals surface area contributed by atoms with Crippen LogP contribution in [-0.2, 0) is 6.42 Å². The highest BCUT2D eigenvalue weighted by Crippen LogP contribution is 2.18. The predicted molar refractivity (Wildman–Crippen MR) is 47.4 cm³/mol.